The molecule has 0 spiro atoms. The Hall–Kier alpha value is -1.59. The van der Waals surface area contributed by atoms with E-state index in [9.17, 15) is 4.79 Å². The summed E-state index contributed by atoms with van der Waals surface area (Å²) in [5, 5.41) is 8.85. The van der Waals surface area contributed by atoms with E-state index in [0.717, 1.165) is 0 Å². The molecule has 1 aliphatic rings. The first-order valence-corrected chi connectivity index (χ1v) is 3.15. The highest BCUT2D eigenvalue weighted by atomic mass is 16.6. The zero-order valence-electron chi connectivity index (χ0n) is 5.57. The van der Waals surface area contributed by atoms with Gasteiger partial charge in [0, 0.05) is 0 Å². The Bertz CT molecular complexity index is 257. The molecule has 0 bridgehead atoms. The number of carbonyl (C=O) groups is 1. The molecular formula is C5H6N4O2. The number of carbonyl (C=O) groups excluding carboxylic acids is 1. The number of aromatic nitrogens is 3. The lowest BCUT2D eigenvalue weighted by Gasteiger charge is -1.99. The van der Waals surface area contributed by atoms with Gasteiger partial charge < -0.3 is 10.1 Å². The maximum absolute atomic E-state index is 10.6. The van der Waals surface area contributed by atoms with Crippen LogP contribution in [0.2, 0.25) is 0 Å². The quantitative estimate of drug-likeness (QED) is 0.576. The standard InChI is InChI=1S/C5H6N4O2/c10-5-8-3(1-11-5)4-6-2-7-9-4/h2-3H,1H2,(H,8,10)(H,6,7,9). The van der Waals surface area contributed by atoms with Gasteiger partial charge in [-0.05, 0) is 0 Å². The number of alkyl carbamates (subject to hydrolysis) is 1. The van der Waals surface area contributed by atoms with E-state index >= 15 is 0 Å². The number of hydrogen-bond donors (Lipinski definition) is 2. The normalized spacial score (nSPS) is 22.9. The summed E-state index contributed by atoms with van der Waals surface area (Å²) in [5.41, 5.74) is 0. The van der Waals surface area contributed by atoms with E-state index in [2.05, 4.69) is 25.2 Å². The molecule has 0 aliphatic carbocycles. The van der Waals surface area contributed by atoms with Gasteiger partial charge in [0.1, 0.15) is 19.0 Å². The summed E-state index contributed by atoms with van der Waals surface area (Å²) in [4.78, 5) is 14.4. The summed E-state index contributed by atoms with van der Waals surface area (Å²) >= 11 is 0. The lowest BCUT2D eigenvalue weighted by Crippen LogP contribution is -2.19. The van der Waals surface area contributed by atoms with Crippen molar-refractivity contribution in [3.8, 4) is 0 Å². The predicted octanol–water partition coefficient (Wildman–Crippen LogP) is -0.414. The van der Waals surface area contributed by atoms with Crippen molar-refractivity contribution in [3.63, 3.8) is 0 Å². The summed E-state index contributed by atoms with van der Waals surface area (Å²) in [6.07, 6.45) is 0.978. The largest absolute Gasteiger partial charge is 0.447 e. The van der Waals surface area contributed by atoms with Crippen LogP contribution in [0.1, 0.15) is 11.9 Å². The van der Waals surface area contributed by atoms with E-state index in [4.69, 9.17) is 0 Å². The number of ether oxygens (including phenoxy) is 1. The van der Waals surface area contributed by atoms with Gasteiger partial charge >= 0.3 is 6.09 Å². The number of nitrogens with one attached hydrogen (secondary N) is 2. The smallest absolute Gasteiger partial charge is 0.407 e. The van der Waals surface area contributed by atoms with Gasteiger partial charge in [-0.2, -0.15) is 5.10 Å². The Morgan fingerprint density at radius 2 is 2.64 bits per heavy atom. The lowest BCUT2D eigenvalue weighted by molar-refractivity contribution is 0.176. The number of rotatable bonds is 1. The van der Waals surface area contributed by atoms with E-state index in [1.807, 2.05) is 0 Å². The molecule has 11 heavy (non-hydrogen) atoms. The maximum Gasteiger partial charge on any atom is 0.407 e. The van der Waals surface area contributed by atoms with Crippen molar-refractivity contribution >= 4 is 6.09 Å². The van der Waals surface area contributed by atoms with E-state index in [1.54, 1.807) is 0 Å². The van der Waals surface area contributed by atoms with Crippen LogP contribution in [0.25, 0.3) is 0 Å². The van der Waals surface area contributed by atoms with Crippen molar-refractivity contribution in [1.29, 1.82) is 0 Å². The van der Waals surface area contributed by atoms with Gasteiger partial charge in [0.2, 0.25) is 0 Å². The van der Waals surface area contributed by atoms with Crippen molar-refractivity contribution in [3.05, 3.63) is 12.2 Å². The SMILES string of the molecule is O=C1NC(c2ncn[nH]2)CO1. The Morgan fingerprint density at radius 3 is 3.18 bits per heavy atom. The highest BCUT2D eigenvalue weighted by molar-refractivity contribution is 5.69. The molecular weight excluding hydrogens is 148 g/mol. The highest BCUT2D eigenvalue weighted by Crippen LogP contribution is 2.11. The van der Waals surface area contributed by atoms with Crippen LogP contribution in [0.15, 0.2) is 6.33 Å². The summed E-state index contributed by atoms with van der Waals surface area (Å²) in [6.45, 7) is 0.314. The van der Waals surface area contributed by atoms with Gasteiger partial charge in [0.25, 0.3) is 0 Å². The summed E-state index contributed by atoms with van der Waals surface area (Å²) in [5.74, 6) is 0.621. The number of amides is 1. The molecule has 1 amide bonds. The number of nitrogens with zero attached hydrogens (tertiary/aromatic N) is 2. The highest BCUT2D eigenvalue weighted by Gasteiger charge is 2.25. The molecule has 0 saturated carbocycles. The molecule has 2 rings (SSSR count). The number of aromatic amines is 1. The Morgan fingerprint density at radius 1 is 1.73 bits per heavy atom. The van der Waals surface area contributed by atoms with Crippen molar-refractivity contribution in [1.82, 2.24) is 20.5 Å². The average molecular weight is 154 g/mol. The molecule has 58 valence electrons. The van der Waals surface area contributed by atoms with Crippen LogP contribution in [-0.4, -0.2) is 27.9 Å². The molecule has 1 atom stereocenters. The number of H-pyrrole nitrogens is 1. The van der Waals surface area contributed by atoms with Crippen LogP contribution in [-0.2, 0) is 4.74 Å². The Labute approximate surface area is 62.0 Å². The first kappa shape index (κ1) is 6.14. The van der Waals surface area contributed by atoms with E-state index < -0.39 is 6.09 Å². The summed E-state index contributed by atoms with van der Waals surface area (Å²) < 4.78 is 4.65. The second kappa shape index (κ2) is 2.22. The zero-order valence-corrected chi connectivity index (χ0v) is 5.57. The van der Waals surface area contributed by atoms with Gasteiger partial charge in [0.05, 0.1) is 0 Å². The number of cyclic esters (lactones) is 1. The Balaban J connectivity index is 2.13. The fourth-order valence-corrected chi connectivity index (χ4v) is 0.915. The van der Waals surface area contributed by atoms with Gasteiger partial charge in [-0.3, -0.25) is 5.10 Å². The number of hydrogen-bond acceptors (Lipinski definition) is 4. The van der Waals surface area contributed by atoms with Crippen LogP contribution in [0, 0.1) is 0 Å². The third-order valence-corrected chi connectivity index (χ3v) is 1.44. The van der Waals surface area contributed by atoms with Crippen LogP contribution in [0.3, 0.4) is 0 Å². The van der Waals surface area contributed by atoms with Crippen LogP contribution < -0.4 is 5.32 Å². The van der Waals surface area contributed by atoms with Crippen molar-refractivity contribution in [2.45, 2.75) is 6.04 Å². The molecule has 0 aromatic carbocycles. The molecule has 1 fully saturated rings. The van der Waals surface area contributed by atoms with E-state index in [-0.39, 0.29) is 6.04 Å². The predicted molar refractivity (Wildman–Crippen MR) is 33.6 cm³/mol. The molecule has 1 saturated heterocycles. The summed E-state index contributed by atoms with van der Waals surface area (Å²) in [6, 6.07) is -0.176. The Kier molecular flexibility index (Phi) is 1.24. The first-order chi connectivity index (χ1) is 5.36. The van der Waals surface area contributed by atoms with Gasteiger partial charge in [0.15, 0.2) is 5.82 Å². The minimum Gasteiger partial charge on any atom is -0.447 e. The minimum atomic E-state index is -0.411. The average Bonchev–Trinajstić information content (AvgIpc) is 2.55. The third kappa shape index (κ3) is 1.02. The summed E-state index contributed by atoms with van der Waals surface area (Å²) in [7, 11) is 0. The van der Waals surface area contributed by atoms with Gasteiger partial charge in [-0.25, -0.2) is 9.78 Å². The van der Waals surface area contributed by atoms with Crippen LogP contribution in [0.4, 0.5) is 4.79 Å². The molecule has 0 radical (unpaired) electrons. The second-order valence-corrected chi connectivity index (χ2v) is 2.17. The fraction of sp³-hybridized carbons (Fsp3) is 0.400. The molecule has 1 aromatic rings. The molecule has 6 heteroatoms. The molecule has 1 aromatic heterocycles. The van der Waals surface area contributed by atoms with E-state index in [0.29, 0.717) is 12.4 Å². The molecule has 2 N–H and O–H groups in total. The molecule has 6 nitrogen and oxygen atoms in total. The maximum atomic E-state index is 10.6. The van der Waals surface area contributed by atoms with Crippen LogP contribution >= 0.6 is 0 Å². The molecule has 1 aliphatic heterocycles. The van der Waals surface area contributed by atoms with Gasteiger partial charge in [-0.1, -0.05) is 0 Å². The topological polar surface area (TPSA) is 79.9 Å². The van der Waals surface area contributed by atoms with Crippen LogP contribution in [0.5, 0.6) is 0 Å². The lowest BCUT2D eigenvalue weighted by atomic mass is 10.3. The van der Waals surface area contributed by atoms with E-state index in [1.165, 1.54) is 6.33 Å². The minimum absolute atomic E-state index is 0.176. The molecule has 1 unspecified atom stereocenters. The fourth-order valence-electron chi connectivity index (χ4n) is 0.915. The van der Waals surface area contributed by atoms with Crippen molar-refractivity contribution in [2.75, 3.05) is 6.61 Å². The van der Waals surface area contributed by atoms with Crippen molar-refractivity contribution in [2.24, 2.45) is 0 Å². The second-order valence-electron chi connectivity index (χ2n) is 2.17. The third-order valence-electron chi connectivity index (χ3n) is 1.44. The first-order valence-electron chi connectivity index (χ1n) is 3.15. The van der Waals surface area contributed by atoms with Crippen molar-refractivity contribution < 1.29 is 9.53 Å². The monoisotopic (exact) mass is 154 g/mol. The molecule has 2 heterocycles. The van der Waals surface area contributed by atoms with Gasteiger partial charge in [-0.15, -0.1) is 0 Å². The zero-order chi connectivity index (χ0) is 7.68.